The van der Waals surface area contributed by atoms with Crippen LogP contribution in [0.2, 0.25) is 0 Å². The molecule has 23 heavy (non-hydrogen) atoms. The molecule has 1 aliphatic heterocycles. The summed E-state index contributed by atoms with van der Waals surface area (Å²) in [6, 6.07) is 6.45. The van der Waals surface area contributed by atoms with E-state index in [9.17, 15) is 18.3 Å². The minimum atomic E-state index is -4.89. The highest BCUT2D eigenvalue weighted by Gasteiger charge is 2.62. The third-order valence-corrected chi connectivity index (χ3v) is 3.71. The van der Waals surface area contributed by atoms with Crippen LogP contribution >= 0.6 is 12.2 Å². The van der Waals surface area contributed by atoms with Crippen molar-refractivity contribution in [2.45, 2.75) is 31.7 Å². The molecule has 1 aromatic rings. The fourth-order valence-electron chi connectivity index (χ4n) is 2.10. The van der Waals surface area contributed by atoms with Crippen LogP contribution in [0.1, 0.15) is 19.8 Å². The summed E-state index contributed by atoms with van der Waals surface area (Å²) in [4.78, 5) is 0. The first-order chi connectivity index (χ1) is 10.7. The molecule has 1 heterocycles. The smallest absolute Gasteiger partial charge is 0.438 e. The molecule has 2 rings (SSSR count). The molecule has 1 aliphatic rings. The number of hydrogen-bond donors (Lipinski definition) is 2. The summed E-state index contributed by atoms with van der Waals surface area (Å²) in [5.74, 6) is 0.598. The van der Waals surface area contributed by atoms with E-state index >= 15 is 0 Å². The Bertz CT molecular complexity index is 619. The van der Waals surface area contributed by atoms with Gasteiger partial charge in [-0.25, -0.2) is 0 Å². The Morgan fingerprint density at radius 1 is 1.43 bits per heavy atom. The van der Waals surface area contributed by atoms with Crippen molar-refractivity contribution in [2.24, 2.45) is 5.10 Å². The topological polar surface area (TPSA) is 57.1 Å². The zero-order valence-electron chi connectivity index (χ0n) is 12.5. The van der Waals surface area contributed by atoms with Crippen LogP contribution in [0, 0.1) is 0 Å². The van der Waals surface area contributed by atoms with Gasteiger partial charge >= 0.3 is 6.18 Å². The number of alkyl halides is 3. The summed E-state index contributed by atoms with van der Waals surface area (Å²) in [6.07, 6.45) is -5.23. The van der Waals surface area contributed by atoms with Crippen LogP contribution in [0.15, 0.2) is 29.4 Å². The van der Waals surface area contributed by atoms with Gasteiger partial charge in [0.15, 0.2) is 5.11 Å². The molecule has 0 aliphatic carbocycles. The van der Waals surface area contributed by atoms with Crippen LogP contribution < -0.4 is 10.1 Å². The highest BCUT2D eigenvalue weighted by Crippen LogP contribution is 2.41. The highest BCUT2D eigenvalue weighted by atomic mass is 32.1. The summed E-state index contributed by atoms with van der Waals surface area (Å²) in [6.45, 7) is 1.67. The van der Waals surface area contributed by atoms with Gasteiger partial charge in [-0.15, -0.1) is 0 Å². The normalized spacial score (nSPS) is 21.1. The van der Waals surface area contributed by atoms with Gasteiger partial charge in [-0.2, -0.15) is 23.3 Å². The van der Waals surface area contributed by atoms with Gasteiger partial charge in [0.1, 0.15) is 5.75 Å². The van der Waals surface area contributed by atoms with Crippen molar-refractivity contribution >= 4 is 28.7 Å². The number of nitrogens with zero attached hydrogens (tertiary/aromatic N) is 2. The van der Waals surface area contributed by atoms with Gasteiger partial charge in [0.05, 0.1) is 7.11 Å². The molecular formula is C14H16F3N3O2S. The molecular weight excluding hydrogens is 331 g/mol. The predicted octanol–water partition coefficient (Wildman–Crippen LogP) is 3.11. The summed E-state index contributed by atoms with van der Waals surface area (Å²) in [5, 5.41) is 16.6. The zero-order valence-corrected chi connectivity index (χ0v) is 13.3. The maximum Gasteiger partial charge on any atom is 0.438 e. The fourth-order valence-corrected chi connectivity index (χ4v) is 2.41. The van der Waals surface area contributed by atoms with Gasteiger partial charge in [0, 0.05) is 17.8 Å². The summed E-state index contributed by atoms with van der Waals surface area (Å²) >= 11 is 4.99. The average molecular weight is 347 g/mol. The van der Waals surface area contributed by atoms with E-state index in [0.717, 1.165) is 0 Å². The standard InChI is InChI=1S/C14H16F3N3O2S/c1-3-9-8-13(21,14(15,16)17)20(19-9)12(23)18-10-4-6-11(22-2)7-5-10/h4-7,21H,3,8H2,1-2H3,(H,18,23). The highest BCUT2D eigenvalue weighted by molar-refractivity contribution is 7.80. The minimum Gasteiger partial charge on any atom is -0.497 e. The zero-order chi connectivity index (χ0) is 17.3. The lowest BCUT2D eigenvalue weighted by Gasteiger charge is -2.34. The Labute approximate surface area is 136 Å². The van der Waals surface area contributed by atoms with Crippen molar-refractivity contribution in [1.29, 1.82) is 0 Å². The molecule has 0 bridgehead atoms. The average Bonchev–Trinajstić information content (AvgIpc) is 2.86. The number of thiocarbonyl (C=S) groups is 1. The largest absolute Gasteiger partial charge is 0.497 e. The van der Waals surface area contributed by atoms with Crippen LogP contribution in [-0.4, -0.2) is 40.0 Å². The first-order valence-corrected chi connectivity index (χ1v) is 7.23. The Kier molecular flexibility index (Phi) is 4.81. The van der Waals surface area contributed by atoms with E-state index in [0.29, 0.717) is 22.9 Å². The number of ether oxygens (including phenoxy) is 1. The molecule has 1 aromatic carbocycles. The summed E-state index contributed by atoms with van der Waals surface area (Å²) in [7, 11) is 1.50. The number of hydrazone groups is 1. The molecule has 0 radical (unpaired) electrons. The Balaban J connectivity index is 2.22. The van der Waals surface area contributed by atoms with Crippen molar-refractivity contribution in [2.75, 3.05) is 12.4 Å². The van der Waals surface area contributed by atoms with E-state index in [2.05, 4.69) is 10.4 Å². The molecule has 1 atom stereocenters. The number of halogens is 3. The number of anilines is 1. The summed E-state index contributed by atoms with van der Waals surface area (Å²) < 4.78 is 44.7. The van der Waals surface area contributed by atoms with E-state index in [-0.39, 0.29) is 10.8 Å². The number of nitrogens with one attached hydrogen (secondary N) is 1. The van der Waals surface area contributed by atoms with Crippen LogP contribution in [0.4, 0.5) is 18.9 Å². The van der Waals surface area contributed by atoms with Crippen LogP contribution in [0.3, 0.4) is 0 Å². The molecule has 0 fully saturated rings. The fraction of sp³-hybridized carbons (Fsp3) is 0.429. The monoisotopic (exact) mass is 347 g/mol. The van der Waals surface area contributed by atoms with Gasteiger partial charge in [-0.3, -0.25) is 0 Å². The second kappa shape index (κ2) is 6.32. The Morgan fingerprint density at radius 2 is 2.04 bits per heavy atom. The molecule has 0 saturated carbocycles. The molecule has 0 spiro atoms. The Morgan fingerprint density at radius 3 is 2.52 bits per heavy atom. The van der Waals surface area contributed by atoms with Crippen molar-refractivity contribution in [3.63, 3.8) is 0 Å². The third-order valence-electron chi connectivity index (χ3n) is 3.44. The van der Waals surface area contributed by atoms with Crippen LogP contribution in [-0.2, 0) is 0 Å². The van der Waals surface area contributed by atoms with E-state index in [1.54, 1.807) is 31.2 Å². The summed E-state index contributed by atoms with van der Waals surface area (Å²) in [5.41, 5.74) is -2.45. The van der Waals surface area contributed by atoms with Crippen LogP contribution in [0.25, 0.3) is 0 Å². The molecule has 0 aromatic heterocycles. The van der Waals surface area contributed by atoms with E-state index < -0.39 is 18.3 Å². The minimum absolute atomic E-state index is 0.226. The van der Waals surface area contributed by atoms with Crippen molar-refractivity contribution < 1.29 is 23.0 Å². The maximum atomic E-state index is 13.2. The SMILES string of the molecule is CCC1=NN(C(=S)Nc2ccc(OC)cc2)C(O)(C(F)(F)F)C1. The van der Waals surface area contributed by atoms with Crippen molar-refractivity contribution in [3.05, 3.63) is 24.3 Å². The lowest BCUT2D eigenvalue weighted by atomic mass is 10.1. The van der Waals surface area contributed by atoms with Crippen molar-refractivity contribution in [3.8, 4) is 5.75 Å². The number of rotatable bonds is 3. The van der Waals surface area contributed by atoms with E-state index in [1.807, 2.05) is 0 Å². The number of benzene rings is 1. The second-order valence-electron chi connectivity index (χ2n) is 4.98. The number of aliphatic hydroxyl groups is 1. The molecule has 9 heteroatoms. The maximum absolute atomic E-state index is 13.2. The predicted molar refractivity (Wildman–Crippen MR) is 84.4 cm³/mol. The third kappa shape index (κ3) is 3.40. The molecule has 0 amide bonds. The van der Waals surface area contributed by atoms with Crippen molar-refractivity contribution in [1.82, 2.24) is 5.01 Å². The first kappa shape index (κ1) is 17.5. The first-order valence-electron chi connectivity index (χ1n) is 6.82. The number of methoxy groups -OCH3 is 1. The molecule has 0 saturated heterocycles. The van der Waals surface area contributed by atoms with Gasteiger partial charge in [-0.05, 0) is 42.9 Å². The molecule has 1 unspecified atom stereocenters. The number of hydrogen-bond acceptors (Lipinski definition) is 4. The Hall–Kier alpha value is -1.87. The van der Waals surface area contributed by atoms with Crippen LogP contribution in [0.5, 0.6) is 5.75 Å². The second-order valence-corrected chi connectivity index (χ2v) is 5.37. The lowest BCUT2D eigenvalue weighted by Crippen LogP contribution is -2.57. The molecule has 5 nitrogen and oxygen atoms in total. The van der Waals surface area contributed by atoms with E-state index in [4.69, 9.17) is 17.0 Å². The van der Waals surface area contributed by atoms with Gasteiger partial charge < -0.3 is 15.2 Å². The van der Waals surface area contributed by atoms with E-state index in [1.165, 1.54) is 7.11 Å². The quantitative estimate of drug-likeness (QED) is 0.823. The van der Waals surface area contributed by atoms with Gasteiger partial charge in [-0.1, -0.05) is 6.92 Å². The lowest BCUT2D eigenvalue weighted by molar-refractivity contribution is -0.294. The van der Waals surface area contributed by atoms with Gasteiger partial charge in [0.25, 0.3) is 5.72 Å². The van der Waals surface area contributed by atoms with Gasteiger partial charge in [0.2, 0.25) is 0 Å². The molecule has 126 valence electrons. The molecule has 2 N–H and O–H groups in total.